The first-order valence-corrected chi connectivity index (χ1v) is 4.49. The van der Waals surface area contributed by atoms with Crippen LogP contribution in [0.15, 0.2) is 18.3 Å². The third-order valence-electron chi connectivity index (χ3n) is 1.91. The number of anilines is 1. The predicted octanol–water partition coefficient (Wildman–Crippen LogP) is 0.649. The second kappa shape index (κ2) is 4.96. The van der Waals surface area contributed by atoms with Crippen molar-refractivity contribution in [2.75, 3.05) is 19.3 Å². The van der Waals surface area contributed by atoms with Crippen molar-refractivity contribution in [2.24, 2.45) is 0 Å². The number of nitrogen functional groups attached to an aromatic ring is 1. The molecule has 1 amide bonds. The number of aromatic nitrogens is 1. The molecule has 0 spiro atoms. The summed E-state index contributed by atoms with van der Waals surface area (Å²) in [6.07, 6.45) is 1.75. The van der Waals surface area contributed by atoms with Gasteiger partial charge in [0.1, 0.15) is 5.69 Å². The predicted molar refractivity (Wildman–Crippen MR) is 55.8 cm³/mol. The van der Waals surface area contributed by atoms with E-state index in [1.165, 1.54) is 11.1 Å². The number of carbonyl (C=O) groups excluding carboxylic acids is 1. The fraction of sp³-hybridized carbons (Fsp3) is 0.300. The Bertz CT molecular complexity index is 379. The molecule has 0 bridgehead atoms. The maximum Gasteiger partial charge on any atom is 0.272 e. The number of nitriles is 1. The molecule has 0 unspecified atom stereocenters. The van der Waals surface area contributed by atoms with Gasteiger partial charge in [-0.25, -0.2) is 4.98 Å². The number of amides is 1. The van der Waals surface area contributed by atoms with Gasteiger partial charge >= 0.3 is 0 Å². The third kappa shape index (κ3) is 2.95. The van der Waals surface area contributed by atoms with E-state index in [1.54, 1.807) is 19.2 Å². The van der Waals surface area contributed by atoms with E-state index in [4.69, 9.17) is 11.0 Å². The Balaban J connectivity index is 2.68. The van der Waals surface area contributed by atoms with E-state index < -0.39 is 0 Å². The molecule has 0 aliphatic heterocycles. The van der Waals surface area contributed by atoms with Gasteiger partial charge in [0.25, 0.3) is 5.91 Å². The normalized spacial score (nSPS) is 9.33. The maximum atomic E-state index is 11.7. The smallest absolute Gasteiger partial charge is 0.272 e. The highest BCUT2D eigenvalue weighted by Crippen LogP contribution is 2.04. The Morgan fingerprint density at radius 1 is 1.67 bits per heavy atom. The van der Waals surface area contributed by atoms with Crippen LogP contribution in [-0.2, 0) is 0 Å². The van der Waals surface area contributed by atoms with E-state index in [9.17, 15) is 4.79 Å². The molecule has 0 aliphatic carbocycles. The zero-order valence-electron chi connectivity index (χ0n) is 8.47. The van der Waals surface area contributed by atoms with Gasteiger partial charge in [0.15, 0.2) is 0 Å². The highest BCUT2D eigenvalue weighted by atomic mass is 16.2. The molecule has 15 heavy (non-hydrogen) atoms. The van der Waals surface area contributed by atoms with Crippen LogP contribution in [0.5, 0.6) is 0 Å². The van der Waals surface area contributed by atoms with E-state index in [-0.39, 0.29) is 5.91 Å². The van der Waals surface area contributed by atoms with Gasteiger partial charge in [-0.15, -0.1) is 0 Å². The van der Waals surface area contributed by atoms with Gasteiger partial charge in [0.05, 0.1) is 24.4 Å². The van der Waals surface area contributed by atoms with Crippen molar-refractivity contribution in [3.05, 3.63) is 24.0 Å². The molecule has 2 N–H and O–H groups in total. The minimum atomic E-state index is -0.203. The average molecular weight is 204 g/mol. The molecular formula is C10H12N4O. The van der Waals surface area contributed by atoms with Gasteiger partial charge < -0.3 is 10.6 Å². The van der Waals surface area contributed by atoms with Gasteiger partial charge in [0, 0.05) is 13.6 Å². The Morgan fingerprint density at radius 2 is 2.40 bits per heavy atom. The minimum Gasteiger partial charge on any atom is -0.397 e. The van der Waals surface area contributed by atoms with Gasteiger partial charge in [-0.2, -0.15) is 5.26 Å². The zero-order chi connectivity index (χ0) is 11.3. The highest BCUT2D eigenvalue weighted by molar-refractivity contribution is 5.92. The van der Waals surface area contributed by atoms with Crippen LogP contribution in [0.25, 0.3) is 0 Å². The van der Waals surface area contributed by atoms with Crippen molar-refractivity contribution < 1.29 is 4.79 Å². The summed E-state index contributed by atoms with van der Waals surface area (Å²) in [5, 5.41) is 8.38. The number of rotatable bonds is 3. The molecule has 5 nitrogen and oxygen atoms in total. The van der Waals surface area contributed by atoms with Crippen molar-refractivity contribution in [2.45, 2.75) is 6.42 Å². The van der Waals surface area contributed by atoms with Gasteiger partial charge in [-0.3, -0.25) is 4.79 Å². The summed E-state index contributed by atoms with van der Waals surface area (Å²) in [4.78, 5) is 17.0. The first-order chi connectivity index (χ1) is 7.15. The molecule has 0 aliphatic rings. The molecule has 0 aromatic carbocycles. The second-order valence-electron chi connectivity index (χ2n) is 3.11. The first-order valence-electron chi connectivity index (χ1n) is 4.49. The summed E-state index contributed by atoms with van der Waals surface area (Å²) in [7, 11) is 1.64. The monoisotopic (exact) mass is 204 g/mol. The average Bonchev–Trinajstić information content (AvgIpc) is 2.26. The van der Waals surface area contributed by atoms with Crippen LogP contribution >= 0.6 is 0 Å². The molecule has 0 fully saturated rings. The lowest BCUT2D eigenvalue weighted by molar-refractivity contribution is 0.0792. The standard InChI is InChI=1S/C10H12N4O/c1-14(6-2-5-11)10(15)9-4-3-8(12)7-13-9/h3-4,7H,2,6,12H2,1H3. The molecule has 1 heterocycles. The number of pyridine rings is 1. The number of nitrogens with two attached hydrogens (primary N) is 1. The van der Waals surface area contributed by atoms with Gasteiger partial charge in [0.2, 0.25) is 0 Å². The summed E-state index contributed by atoms with van der Waals surface area (Å²) < 4.78 is 0. The van der Waals surface area contributed by atoms with Crippen molar-refractivity contribution in [3.8, 4) is 6.07 Å². The van der Waals surface area contributed by atoms with Crippen LogP contribution in [-0.4, -0.2) is 29.4 Å². The lowest BCUT2D eigenvalue weighted by Crippen LogP contribution is -2.28. The largest absolute Gasteiger partial charge is 0.397 e. The van der Waals surface area contributed by atoms with Crippen molar-refractivity contribution in [1.29, 1.82) is 5.26 Å². The van der Waals surface area contributed by atoms with Crippen LogP contribution in [0.3, 0.4) is 0 Å². The SMILES string of the molecule is CN(CCC#N)C(=O)c1ccc(N)cn1. The van der Waals surface area contributed by atoms with Crippen molar-refractivity contribution in [3.63, 3.8) is 0 Å². The van der Waals surface area contributed by atoms with E-state index in [0.717, 1.165) is 0 Å². The molecule has 78 valence electrons. The van der Waals surface area contributed by atoms with Crippen LogP contribution in [0.4, 0.5) is 5.69 Å². The van der Waals surface area contributed by atoms with Gasteiger partial charge in [-0.1, -0.05) is 0 Å². The van der Waals surface area contributed by atoms with Crippen LogP contribution in [0, 0.1) is 11.3 Å². The Morgan fingerprint density at radius 3 is 2.93 bits per heavy atom. The fourth-order valence-electron chi connectivity index (χ4n) is 1.05. The van der Waals surface area contributed by atoms with Crippen molar-refractivity contribution in [1.82, 2.24) is 9.88 Å². The van der Waals surface area contributed by atoms with Crippen molar-refractivity contribution >= 4 is 11.6 Å². The highest BCUT2D eigenvalue weighted by Gasteiger charge is 2.11. The molecule has 1 aromatic rings. The Kier molecular flexibility index (Phi) is 3.63. The zero-order valence-corrected chi connectivity index (χ0v) is 8.47. The van der Waals surface area contributed by atoms with Crippen LogP contribution in [0.2, 0.25) is 0 Å². The topological polar surface area (TPSA) is 83.0 Å². The number of carbonyl (C=O) groups is 1. The van der Waals surface area contributed by atoms with E-state index in [0.29, 0.717) is 24.3 Å². The minimum absolute atomic E-state index is 0.203. The van der Waals surface area contributed by atoms with Crippen LogP contribution in [0.1, 0.15) is 16.9 Å². The lowest BCUT2D eigenvalue weighted by Gasteiger charge is -2.14. The van der Waals surface area contributed by atoms with E-state index in [1.807, 2.05) is 6.07 Å². The molecule has 1 aromatic heterocycles. The molecule has 0 saturated heterocycles. The third-order valence-corrected chi connectivity index (χ3v) is 1.91. The fourth-order valence-corrected chi connectivity index (χ4v) is 1.05. The quantitative estimate of drug-likeness (QED) is 0.783. The van der Waals surface area contributed by atoms with E-state index >= 15 is 0 Å². The summed E-state index contributed by atoms with van der Waals surface area (Å²) in [6.45, 7) is 0.404. The molecule has 1 rings (SSSR count). The molecule has 0 radical (unpaired) electrons. The number of hydrogen-bond acceptors (Lipinski definition) is 4. The van der Waals surface area contributed by atoms with Crippen LogP contribution < -0.4 is 5.73 Å². The molecular weight excluding hydrogens is 192 g/mol. The summed E-state index contributed by atoms with van der Waals surface area (Å²) >= 11 is 0. The maximum absolute atomic E-state index is 11.7. The van der Waals surface area contributed by atoms with Gasteiger partial charge in [-0.05, 0) is 12.1 Å². The Labute approximate surface area is 88.1 Å². The second-order valence-corrected chi connectivity index (χ2v) is 3.11. The summed E-state index contributed by atoms with van der Waals surface area (Å²) in [6, 6.07) is 5.17. The number of hydrogen-bond donors (Lipinski definition) is 1. The molecule has 0 atom stereocenters. The molecule has 5 heteroatoms. The summed E-state index contributed by atoms with van der Waals surface area (Å²) in [5.41, 5.74) is 6.31. The Hall–Kier alpha value is -2.09. The van der Waals surface area contributed by atoms with E-state index in [2.05, 4.69) is 4.98 Å². The number of nitrogens with zero attached hydrogens (tertiary/aromatic N) is 3. The lowest BCUT2D eigenvalue weighted by atomic mass is 10.3. The summed E-state index contributed by atoms with van der Waals surface area (Å²) in [5.74, 6) is -0.203. The first kappa shape index (κ1) is 11.0. The molecule has 0 saturated carbocycles.